The van der Waals surface area contributed by atoms with Crippen LogP contribution in [-0.2, 0) is 0 Å². The first-order valence-corrected chi connectivity index (χ1v) is 4.55. The van der Waals surface area contributed by atoms with E-state index in [-0.39, 0.29) is 5.48 Å². The summed E-state index contributed by atoms with van der Waals surface area (Å²) in [5.41, 5.74) is 3.99. The van der Waals surface area contributed by atoms with Crippen LogP contribution in [0.2, 0.25) is 6.55 Å². The van der Waals surface area contributed by atoms with Gasteiger partial charge >= 0.3 is 0 Å². The first-order valence-electron chi connectivity index (χ1n) is 2.06. The second-order valence-electron chi connectivity index (χ2n) is 1.33. The molecule has 0 spiro atoms. The third-order valence-corrected chi connectivity index (χ3v) is 2.23. The Bertz CT molecular complexity index is 53.1. The lowest BCUT2D eigenvalue weighted by atomic mass is 11.2. The summed E-state index contributed by atoms with van der Waals surface area (Å²) >= 11 is 0. The van der Waals surface area contributed by atoms with Gasteiger partial charge in [0, 0.05) is 0 Å². The zero-order valence-electron chi connectivity index (χ0n) is 4.65. The molecule has 0 unspecified atom stereocenters. The minimum atomic E-state index is -0.633. The molecule has 1 nitrogen and oxygen atoms in total. The lowest BCUT2D eigenvalue weighted by molar-refractivity contribution is 0.824. The summed E-state index contributed by atoms with van der Waals surface area (Å²) in [6.07, 6.45) is 0. The van der Waals surface area contributed by atoms with Crippen LogP contribution in [0.3, 0.4) is 0 Å². The highest BCUT2D eigenvalue weighted by Crippen LogP contribution is 1.78. The van der Waals surface area contributed by atoms with E-state index in [1.54, 1.807) is 0 Å². The van der Waals surface area contributed by atoms with Crippen molar-refractivity contribution >= 4 is 8.80 Å². The van der Waals surface area contributed by atoms with E-state index < -0.39 is 8.80 Å². The average molecular weight is 116 g/mol. The van der Waals surface area contributed by atoms with Crippen LogP contribution < -0.4 is 0 Å². The lowest BCUT2D eigenvalue weighted by Crippen LogP contribution is -1.93. The molecule has 0 bridgehead atoms. The molecule has 0 fully saturated rings. The summed E-state index contributed by atoms with van der Waals surface area (Å²) in [4.78, 5) is 0. The highest BCUT2D eigenvalue weighted by molar-refractivity contribution is 6.67. The van der Waals surface area contributed by atoms with Crippen LogP contribution in [0.5, 0.6) is 0 Å². The van der Waals surface area contributed by atoms with Crippen LogP contribution in [0.15, 0.2) is 24.6 Å². The Morgan fingerprint density at radius 1 is 1.29 bits per heavy atom. The molecular formula is C5H12OSi. The number of hydrogen-bond donors (Lipinski definition) is 0. The van der Waals surface area contributed by atoms with Gasteiger partial charge in [0.2, 0.25) is 0 Å². The van der Waals surface area contributed by atoms with Gasteiger partial charge in [0.25, 0.3) is 0 Å². The molecule has 0 atom stereocenters. The van der Waals surface area contributed by atoms with Gasteiger partial charge in [0.05, 0.1) is 8.80 Å². The Morgan fingerprint density at radius 3 is 1.57 bits per heavy atom. The highest BCUT2D eigenvalue weighted by atomic mass is 28.3. The van der Waals surface area contributed by atoms with Gasteiger partial charge in [-0.15, -0.1) is 24.6 Å². The third kappa shape index (κ3) is 5.66. The molecule has 0 saturated carbocycles. The van der Waals surface area contributed by atoms with Crippen molar-refractivity contribution < 1.29 is 5.48 Å². The zero-order valence-corrected chi connectivity index (χ0v) is 5.80. The standard InChI is InChI=1S/C5H10Si.H2O/c1-4-6(3)5-2;/h4-6H,1-2H2,3H3;1H2. The number of hydrogen-bond acceptors (Lipinski definition) is 0. The smallest absolute Gasteiger partial charge is 0.0807 e. The van der Waals surface area contributed by atoms with Gasteiger partial charge in [0.15, 0.2) is 0 Å². The zero-order chi connectivity index (χ0) is 4.99. The van der Waals surface area contributed by atoms with Crippen molar-refractivity contribution in [1.29, 1.82) is 0 Å². The summed E-state index contributed by atoms with van der Waals surface area (Å²) < 4.78 is 0. The van der Waals surface area contributed by atoms with E-state index in [1.807, 2.05) is 11.4 Å². The highest BCUT2D eigenvalue weighted by Gasteiger charge is 1.82. The van der Waals surface area contributed by atoms with Crippen molar-refractivity contribution in [3.63, 3.8) is 0 Å². The van der Waals surface area contributed by atoms with Crippen molar-refractivity contribution in [3.05, 3.63) is 24.6 Å². The largest absolute Gasteiger partial charge is 0.412 e. The predicted molar refractivity (Wildman–Crippen MR) is 37.0 cm³/mol. The molecule has 2 heteroatoms. The molecule has 0 aliphatic rings. The van der Waals surface area contributed by atoms with Crippen molar-refractivity contribution in [3.8, 4) is 0 Å². The molecule has 7 heavy (non-hydrogen) atoms. The van der Waals surface area contributed by atoms with Gasteiger partial charge in [-0.2, -0.15) is 0 Å². The van der Waals surface area contributed by atoms with E-state index >= 15 is 0 Å². The molecule has 0 aromatic heterocycles. The van der Waals surface area contributed by atoms with Crippen LogP contribution in [0.4, 0.5) is 0 Å². The van der Waals surface area contributed by atoms with Crippen LogP contribution in [-0.4, -0.2) is 14.3 Å². The summed E-state index contributed by atoms with van der Waals surface area (Å²) in [5.74, 6) is 0. The Balaban J connectivity index is 0. The second-order valence-corrected chi connectivity index (χ2v) is 3.99. The molecule has 0 aliphatic carbocycles. The monoisotopic (exact) mass is 116 g/mol. The van der Waals surface area contributed by atoms with Gasteiger partial charge in [-0.3, -0.25) is 0 Å². The van der Waals surface area contributed by atoms with Gasteiger partial charge in [-0.1, -0.05) is 6.55 Å². The molecule has 0 radical (unpaired) electrons. The molecule has 0 heterocycles. The summed E-state index contributed by atoms with van der Waals surface area (Å²) in [7, 11) is -0.633. The Hall–Kier alpha value is -0.343. The maximum absolute atomic E-state index is 3.62. The average Bonchev–Trinajstić information content (AvgIpc) is 1.65. The first-order chi connectivity index (χ1) is 2.81. The van der Waals surface area contributed by atoms with E-state index in [9.17, 15) is 0 Å². The SMILES string of the molecule is C=C[SiH](C)C=C.O. The Labute approximate surface area is 46.3 Å². The van der Waals surface area contributed by atoms with Crippen molar-refractivity contribution in [2.24, 2.45) is 0 Å². The van der Waals surface area contributed by atoms with E-state index in [0.717, 1.165) is 0 Å². The van der Waals surface area contributed by atoms with Crippen molar-refractivity contribution in [1.82, 2.24) is 0 Å². The minimum Gasteiger partial charge on any atom is -0.412 e. The van der Waals surface area contributed by atoms with E-state index in [1.165, 1.54) is 0 Å². The third-order valence-electron chi connectivity index (χ3n) is 0.744. The quantitative estimate of drug-likeness (QED) is 0.470. The minimum absolute atomic E-state index is 0. The van der Waals surface area contributed by atoms with Gasteiger partial charge in [0.1, 0.15) is 0 Å². The van der Waals surface area contributed by atoms with Crippen molar-refractivity contribution in [2.45, 2.75) is 6.55 Å². The molecule has 42 valence electrons. The topological polar surface area (TPSA) is 31.5 Å². The van der Waals surface area contributed by atoms with Gasteiger partial charge in [-0.05, 0) is 0 Å². The predicted octanol–water partition coefficient (Wildman–Crippen LogP) is 0.469. The molecule has 0 saturated heterocycles. The fraction of sp³-hybridized carbons (Fsp3) is 0.200. The molecular weight excluding hydrogens is 104 g/mol. The summed E-state index contributed by atoms with van der Waals surface area (Å²) in [5, 5.41) is 0. The molecule has 0 rings (SSSR count). The van der Waals surface area contributed by atoms with E-state index in [4.69, 9.17) is 0 Å². The molecule has 0 aromatic rings. The lowest BCUT2D eigenvalue weighted by Gasteiger charge is -1.85. The fourth-order valence-corrected chi connectivity index (χ4v) is 0.289. The van der Waals surface area contributed by atoms with Gasteiger partial charge < -0.3 is 5.48 Å². The molecule has 0 amide bonds. The maximum Gasteiger partial charge on any atom is 0.0807 e. The maximum atomic E-state index is 3.62. The van der Waals surface area contributed by atoms with Gasteiger partial charge in [-0.25, -0.2) is 0 Å². The summed E-state index contributed by atoms with van der Waals surface area (Å²) in [6.45, 7) is 9.42. The number of rotatable bonds is 2. The summed E-state index contributed by atoms with van der Waals surface area (Å²) in [6, 6.07) is 0. The van der Waals surface area contributed by atoms with Crippen LogP contribution in [0, 0.1) is 0 Å². The molecule has 0 aromatic carbocycles. The van der Waals surface area contributed by atoms with Crippen molar-refractivity contribution in [2.75, 3.05) is 0 Å². The van der Waals surface area contributed by atoms with E-state index in [2.05, 4.69) is 19.7 Å². The molecule has 0 aliphatic heterocycles. The van der Waals surface area contributed by atoms with Crippen LogP contribution in [0.25, 0.3) is 0 Å². The normalized spacial score (nSPS) is 7.14. The van der Waals surface area contributed by atoms with Crippen LogP contribution in [0.1, 0.15) is 0 Å². The Morgan fingerprint density at radius 2 is 1.57 bits per heavy atom. The Kier molecular flexibility index (Phi) is 7.94. The second kappa shape index (κ2) is 5.66. The van der Waals surface area contributed by atoms with Crippen LogP contribution >= 0.6 is 0 Å². The first kappa shape index (κ1) is 9.82. The fourth-order valence-electron chi connectivity index (χ4n) is 0.0962. The molecule has 2 N–H and O–H groups in total. The van der Waals surface area contributed by atoms with E-state index in [0.29, 0.717) is 0 Å².